The Bertz CT molecular complexity index is 849. The maximum atomic E-state index is 12.6. The molecule has 13 heteroatoms. The number of aliphatic hydroxyl groups is 3. The number of alkyl carbamates (subject to hydrolysis) is 1. The molecule has 1 aliphatic carbocycles. The van der Waals surface area contributed by atoms with Crippen molar-refractivity contribution >= 4 is 6.09 Å². The van der Waals surface area contributed by atoms with E-state index < -0.39 is 72.7 Å². The molecule has 1 unspecified atom stereocenters. The normalized spacial score (nSPS) is 40.0. The van der Waals surface area contributed by atoms with Crippen molar-refractivity contribution in [1.29, 1.82) is 0 Å². The number of carbonyl (C=O) groups excluding carboxylic acids is 1. The molecule has 3 aliphatic rings. The van der Waals surface area contributed by atoms with Crippen molar-refractivity contribution in [3.8, 4) is 0 Å². The number of carbonyl (C=O) groups is 1. The minimum atomic E-state index is -1.37. The first kappa shape index (κ1) is 29.6. The highest BCUT2D eigenvalue weighted by Crippen LogP contribution is 2.32. The first-order valence-corrected chi connectivity index (χ1v) is 12.5. The topological polar surface area (TPSA) is 214 Å². The van der Waals surface area contributed by atoms with Crippen molar-refractivity contribution in [3.05, 3.63) is 23.7 Å². The van der Waals surface area contributed by atoms with Crippen molar-refractivity contribution in [2.24, 2.45) is 23.1 Å². The lowest BCUT2D eigenvalue weighted by molar-refractivity contribution is -0.277. The van der Waals surface area contributed by atoms with E-state index in [1.54, 1.807) is 33.8 Å². The highest BCUT2D eigenvalue weighted by Gasteiger charge is 2.49. The molecular formula is C24H42N4O9. The first-order valence-electron chi connectivity index (χ1n) is 12.5. The van der Waals surface area contributed by atoms with Gasteiger partial charge in [0.1, 0.15) is 35.8 Å². The molecule has 0 aromatic heterocycles. The molecule has 0 aromatic carbocycles. The highest BCUT2D eigenvalue weighted by molar-refractivity contribution is 5.68. The number of nitrogens with two attached hydrogens (primary N) is 3. The maximum Gasteiger partial charge on any atom is 0.407 e. The van der Waals surface area contributed by atoms with Crippen LogP contribution >= 0.6 is 0 Å². The molecule has 212 valence electrons. The molecule has 1 amide bonds. The van der Waals surface area contributed by atoms with Crippen molar-refractivity contribution in [2.45, 2.75) is 101 Å². The maximum absolute atomic E-state index is 12.6. The summed E-state index contributed by atoms with van der Waals surface area (Å²) in [7, 11) is 0. The van der Waals surface area contributed by atoms with Gasteiger partial charge in [-0.2, -0.15) is 0 Å². The largest absolute Gasteiger partial charge is 0.516 e. The van der Waals surface area contributed by atoms with Crippen LogP contribution in [0.15, 0.2) is 23.7 Å². The number of hydrogen-bond donors (Lipinski definition) is 7. The zero-order valence-corrected chi connectivity index (χ0v) is 21.8. The average molecular weight is 531 g/mol. The summed E-state index contributed by atoms with van der Waals surface area (Å²) >= 11 is 0. The van der Waals surface area contributed by atoms with Crippen molar-refractivity contribution in [1.82, 2.24) is 5.32 Å². The smallest absolute Gasteiger partial charge is 0.407 e. The second-order valence-corrected chi connectivity index (χ2v) is 10.8. The Morgan fingerprint density at radius 3 is 2.46 bits per heavy atom. The monoisotopic (exact) mass is 530 g/mol. The van der Waals surface area contributed by atoms with Crippen LogP contribution in [-0.2, 0) is 23.7 Å². The van der Waals surface area contributed by atoms with Gasteiger partial charge in [-0.15, -0.1) is 0 Å². The molecule has 2 fully saturated rings. The third-order valence-corrected chi connectivity index (χ3v) is 6.69. The SMILES string of the molecule is C[C@H]1/C(=C\O)CO[C@H](O[C@H]2[C@H](N)C[C@H](NC(=O)OC(C)(C)C)C(O[C@H]3OC(CN)=CC[C@H]3N)[C@@H]2O)[C@@H]1O. The van der Waals surface area contributed by atoms with Gasteiger partial charge in [0.05, 0.1) is 31.5 Å². The van der Waals surface area contributed by atoms with Gasteiger partial charge >= 0.3 is 6.09 Å². The molecule has 10 N–H and O–H groups in total. The van der Waals surface area contributed by atoms with E-state index in [1.807, 2.05) is 0 Å². The Morgan fingerprint density at radius 1 is 1.16 bits per heavy atom. The summed E-state index contributed by atoms with van der Waals surface area (Å²) in [6.07, 6.45) is -4.06. The Balaban J connectivity index is 1.80. The summed E-state index contributed by atoms with van der Waals surface area (Å²) in [6.45, 7) is 7.11. The van der Waals surface area contributed by atoms with Crippen LogP contribution in [0.1, 0.15) is 40.5 Å². The third-order valence-electron chi connectivity index (χ3n) is 6.69. The Labute approximate surface area is 216 Å². The Morgan fingerprint density at radius 2 is 1.84 bits per heavy atom. The summed E-state index contributed by atoms with van der Waals surface area (Å²) in [5.41, 5.74) is 18.0. The van der Waals surface area contributed by atoms with E-state index in [1.165, 1.54) is 0 Å². The molecule has 1 saturated carbocycles. The summed E-state index contributed by atoms with van der Waals surface area (Å²) in [4.78, 5) is 12.6. The molecule has 13 nitrogen and oxygen atoms in total. The minimum Gasteiger partial charge on any atom is -0.516 e. The zero-order chi connectivity index (χ0) is 27.5. The third kappa shape index (κ3) is 7.33. The van der Waals surface area contributed by atoms with Gasteiger partial charge in [0.15, 0.2) is 6.29 Å². The van der Waals surface area contributed by atoms with Crippen LogP contribution in [0.25, 0.3) is 0 Å². The molecule has 0 bridgehead atoms. The quantitative estimate of drug-likeness (QED) is 0.215. The Kier molecular flexibility index (Phi) is 9.80. The van der Waals surface area contributed by atoms with Gasteiger partial charge in [-0.25, -0.2) is 4.79 Å². The van der Waals surface area contributed by atoms with E-state index in [2.05, 4.69) is 5.32 Å². The molecule has 2 aliphatic heterocycles. The van der Waals surface area contributed by atoms with Gasteiger partial charge in [0, 0.05) is 12.0 Å². The van der Waals surface area contributed by atoms with Crippen LogP contribution in [0, 0.1) is 5.92 Å². The predicted molar refractivity (Wildman–Crippen MR) is 132 cm³/mol. The minimum absolute atomic E-state index is 0.0408. The zero-order valence-electron chi connectivity index (χ0n) is 21.8. The van der Waals surface area contributed by atoms with Gasteiger partial charge in [-0.1, -0.05) is 6.92 Å². The highest BCUT2D eigenvalue weighted by atomic mass is 16.7. The van der Waals surface area contributed by atoms with Crippen LogP contribution < -0.4 is 22.5 Å². The molecule has 3 rings (SSSR count). The average Bonchev–Trinajstić information content (AvgIpc) is 2.81. The van der Waals surface area contributed by atoms with E-state index in [9.17, 15) is 20.1 Å². The summed E-state index contributed by atoms with van der Waals surface area (Å²) in [6, 6.07) is -2.09. The number of hydrogen-bond acceptors (Lipinski definition) is 12. The van der Waals surface area contributed by atoms with Crippen molar-refractivity contribution in [2.75, 3.05) is 13.2 Å². The fourth-order valence-electron chi connectivity index (χ4n) is 4.57. The van der Waals surface area contributed by atoms with Gasteiger partial charge < -0.3 is 61.5 Å². The van der Waals surface area contributed by atoms with Gasteiger partial charge in [-0.05, 0) is 45.3 Å². The molecule has 0 aromatic rings. The van der Waals surface area contributed by atoms with E-state index in [0.29, 0.717) is 17.8 Å². The van der Waals surface area contributed by atoms with Crippen molar-refractivity contribution < 1.29 is 43.8 Å². The second-order valence-electron chi connectivity index (χ2n) is 10.8. The van der Waals surface area contributed by atoms with E-state index in [-0.39, 0.29) is 19.6 Å². The standard InChI is InChI=1S/C24H42N4O9/c1-11-12(9-29)10-33-22(17(11)30)35-19-15(27)7-16(28-23(32)37-24(2,3)4)20(18(19)31)36-21-14(26)6-5-13(8-25)34-21/h5,9,11,14-22,29-31H,6-8,10,25-27H2,1-4H3,(H,28,32)/b12-9-/t11-,14+,15+,16-,17+,18+,19-,20?,21+,22+/m0/s1. The number of rotatable bonds is 6. The van der Waals surface area contributed by atoms with Crippen molar-refractivity contribution in [3.63, 3.8) is 0 Å². The van der Waals surface area contributed by atoms with Crippen LogP contribution in [0.5, 0.6) is 0 Å². The fourth-order valence-corrected chi connectivity index (χ4v) is 4.57. The van der Waals surface area contributed by atoms with Gasteiger partial charge in [0.2, 0.25) is 6.29 Å². The molecule has 0 spiro atoms. The van der Waals surface area contributed by atoms with Crippen LogP contribution in [0.4, 0.5) is 4.79 Å². The number of nitrogens with one attached hydrogen (secondary N) is 1. The molecule has 37 heavy (non-hydrogen) atoms. The number of aliphatic hydroxyl groups excluding tert-OH is 3. The van der Waals surface area contributed by atoms with Gasteiger partial charge in [-0.3, -0.25) is 0 Å². The van der Waals surface area contributed by atoms with Crippen LogP contribution in [0.3, 0.4) is 0 Å². The summed E-state index contributed by atoms with van der Waals surface area (Å²) in [5, 5.41) is 34.1. The van der Waals surface area contributed by atoms with Crippen LogP contribution in [-0.4, -0.2) is 95.3 Å². The lowest BCUT2D eigenvalue weighted by Gasteiger charge is -2.47. The second kappa shape index (κ2) is 12.3. The van der Waals surface area contributed by atoms with E-state index in [0.717, 1.165) is 6.26 Å². The Hall–Kier alpha value is -1.97. The fraction of sp³-hybridized carbons (Fsp3) is 0.792. The first-order chi connectivity index (χ1) is 17.3. The summed E-state index contributed by atoms with van der Waals surface area (Å²) < 4.78 is 28.8. The summed E-state index contributed by atoms with van der Waals surface area (Å²) in [5.74, 6) is 0.0584. The number of amides is 1. The predicted octanol–water partition coefficient (Wildman–Crippen LogP) is -0.546. The lowest BCUT2D eigenvalue weighted by Crippen LogP contribution is -2.67. The molecule has 2 heterocycles. The lowest BCUT2D eigenvalue weighted by atomic mass is 9.83. The van der Waals surface area contributed by atoms with E-state index in [4.69, 9.17) is 40.9 Å². The molecule has 10 atom stereocenters. The molecule has 1 saturated heterocycles. The van der Waals surface area contributed by atoms with Crippen LogP contribution in [0.2, 0.25) is 0 Å². The number of ether oxygens (including phenoxy) is 5. The molecule has 0 radical (unpaired) electrons. The molecular weight excluding hydrogens is 488 g/mol. The van der Waals surface area contributed by atoms with E-state index >= 15 is 0 Å². The van der Waals surface area contributed by atoms with Gasteiger partial charge in [0.25, 0.3) is 0 Å².